The Morgan fingerprint density at radius 3 is 2.65 bits per heavy atom. The third-order valence-electron chi connectivity index (χ3n) is 3.47. The Hall–Kier alpha value is -3.62. The van der Waals surface area contributed by atoms with Crippen molar-refractivity contribution >= 4 is 23.3 Å². The number of hydrogen-bond acceptors (Lipinski definition) is 7. The zero-order valence-electron chi connectivity index (χ0n) is 13.9. The fourth-order valence-corrected chi connectivity index (χ4v) is 2.14. The normalized spacial score (nSPS) is 10.0. The number of nitrogen functional groups attached to an aromatic ring is 1. The highest BCUT2D eigenvalue weighted by Crippen LogP contribution is 2.22. The van der Waals surface area contributed by atoms with Crippen molar-refractivity contribution in [3.63, 3.8) is 0 Å². The summed E-state index contributed by atoms with van der Waals surface area (Å²) in [5.41, 5.74) is 5.69. The van der Waals surface area contributed by atoms with Gasteiger partial charge in [-0.25, -0.2) is 4.79 Å². The molecular weight excluding hydrogens is 342 g/mol. The highest BCUT2D eigenvalue weighted by atomic mass is 16.6. The average molecular weight is 359 g/mol. The van der Waals surface area contributed by atoms with Crippen LogP contribution in [-0.2, 0) is 16.1 Å². The molecule has 0 atom stereocenters. The molecule has 0 fully saturated rings. The van der Waals surface area contributed by atoms with Crippen LogP contribution in [0.2, 0.25) is 0 Å². The number of benzene rings is 2. The van der Waals surface area contributed by atoms with Crippen LogP contribution in [0.4, 0.5) is 11.4 Å². The number of hydrogen-bond donors (Lipinski definition) is 2. The molecule has 136 valence electrons. The number of nitrogens with zero attached hydrogens (tertiary/aromatic N) is 1. The van der Waals surface area contributed by atoms with Crippen LogP contribution in [-0.4, -0.2) is 30.5 Å². The summed E-state index contributed by atoms with van der Waals surface area (Å²) in [5.74, 6) is -0.756. The van der Waals surface area contributed by atoms with E-state index >= 15 is 0 Å². The Labute approximate surface area is 148 Å². The summed E-state index contributed by atoms with van der Waals surface area (Å²) >= 11 is 0. The number of esters is 1. The highest BCUT2D eigenvalue weighted by Gasteiger charge is 2.17. The van der Waals surface area contributed by atoms with Crippen LogP contribution in [0.25, 0.3) is 0 Å². The maximum Gasteiger partial charge on any atom is 0.338 e. The van der Waals surface area contributed by atoms with E-state index in [0.717, 1.165) is 11.6 Å². The highest BCUT2D eigenvalue weighted by molar-refractivity contribution is 5.92. The van der Waals surface area contributed by atoms with Gasteiger partial charge in [0.1, 0.15) is 11.4 Å². The van der Waals surface area contributed by atoms with Crippen molar-refractivity contribution in [1.82, 2.24) is 5.32 Å². The molecule has 2 aromatic rings. The van der Waals surface area contributed by atoms with Gasteiger partial charge in [-0.1, -0.05) is 18.2 Å². The van der Waals surface area contributed by atoms with Gasteiger partial charge in [0.25, 0.3) is 11.6 Å². The van der Waals surface area contributed by atoms with Gasteiger partial charge in [0.2, 0.25) is 0 Å². The van der Waals surface area contributed by atoms with Gasteiger partial charge in [-0.2, -0.15) is 0 Å². The number of nitrogens with one attached hydrogen (secondary N) is 1. The third-order valence-corrected chi connectivity index (χ3v) is 3.47. The Morgan fingerprint density at radius 2 is 1.96 bits per heavy atom. The van der Waals surface area contributed by atoms with E-state index in [2.05, 4.69) is 5.32 Å². The van der Waals surface area contributed by atoms with Gasteiger partial charge in [-0.15, -0.1) is 0 Å². The van der Waals surface area contributed by atoms with Crippen LogP contribution in [0.15, 0.2) is 42.5 Å². The Kier molecular flexibility index (Phi) is 6.10. The van der Waals surface area contributed by atoms with Gasteiger partial charge < -0.3 is 20.5 Å². The molecule has 26 heavy (non-hydrogen) atoms. The minimum absolute atomic E-state index is 0.0663. The molecule has 9 nitrogen and oxygen atoms in total. The second-order valence-electron chi connectivity index (χ2n) is 5.20. The molecule has 0 heterocycles. The number of para-hydroxylation sites is 1. The van der Waals surface area contributed by atoms with E-state index in [1.54, 1.807) is 24.3 Å². The number of carbonyl (C=O) groups is 2. The first-order valence-electron chi connectivity index (χ1n) is 7.52. The number of methoxy groups -OCH3 is 1. The van der Waals surface area contributed by atoms with Crippen LogP contribution in [0.5, 0.6) is 5.75 Å². The average Bonchev–Trinajstić information content (AvgIpc) is 2.64. The van der Waals surface area contributed by atoms with E-state index in [-0.39, 0.29) is 17.8 Å². The summed E-state index contributed by atoms with van der Waals surface area (Å²) < 4.78 is 10.0. The van der Waals surface area contributed by atoms with Gasteiger partial charge in [-0.05, 0) is 18.2 Å². The van der Waals surface area contributed by atoms with Crippen molar-refractivity contribution in [2.75, 3.05) is 19.5 Å². The topological polar surface area (TPSA) is 134 Å². The van der Waals surface area contributed by atoms with Gasteiger partial charge in [0.05, 0.1) is 17.6 Å². The second-order valence-corrected chi connectivity index (χ2v) is 5.20. The largest absolute Gasteiger partial charge is 0.496 e. The molecule has 0 spiro atoms. The summed E-state index contributed by atoms with van der Waals surface area (Å²) in [6.45, 7) is -0.320. The molecular formula is C17H17N3O6. The van der Waals surface area contributed by atoms with Crippen LogP contribution in [0, 0.1) is 10.1 Å². The predicted octanol–water partition coefficient (Wildman–Crippen LogP) is 1.66. The Morgan fingerprint density at radius 1 is 1.23 bits per heavy atom. The summed E-state index contributed by atoms with van der Waals surface area (Å²) in [4.78, 5) is 33.9. The van der Waals surface area contributed by atoms with Gasteiger partial charge in [0.15, 0.2) is 6.61 Å². The van der Waals surface area contributed by atoms with Gasteiger partial charge >= 0.3 is 5.97 Å². The third kappa shape index (κ3) is 4.69. The van der Waals surface area contributed by atoms with E-state index in [4.69, 9.17) is 15.2 Å². The number of nitro benzene ring substituents is 1. The zero-order chi connectivity index (χ0) is 19.1. The monoisotopic (exact) mass is 359 g/mol. The lowest BCUT2D eigenvalue weighted by atomic mass is 10.2. The number of anilines is 1. The van der Waals surface area contributed by atoms with Gasteiger partial charge in [-0.3, -0.25) is 14.9 Å². The summed E-state index contributed by atoms with van der Waals surface area (Å²) in [5, 5.41) is 13.4. The lowest BCUT2D eigenvalue weighted by Crippen LogP contribution is -2.28. The molecule has 0 aliphatic heterocycles. The van der Waals surface area contributed by atoms with E-state index in [0.29, 0.717) is 5.75 Å². The maximum atomic E-state index is 11.9. The molecule has 1 amide bonds. The quantitative estimate of drug-likeness (QED) is 0.332. The molecule has 0 aliphatic rings. The van der Waals surface area contributed by atoms with Crippen LogP contribution in [0.1, 0.15) is 15.9 Å². The van der Waals surface area contributed by atoms with Crippen molar-refractivity contribution in [2.24, 2.45) is 0 Å². The molecule has 2 aromatic carbocycles. The predicted molar refractivity (Wildman–Crippen MR) is 92.6 cm³/mol. The fourth-order valence-electron chi connectivity index (χ4n) is 2.14. The van der Waals surface area contributed by atoms with E-state index < -0.39 is 29.1 Å². The minimum Gasteiger partial charge on any atom is -0.496 e. The zero-order valence-corrected chi connectivity index (χ0v) is 13.9. The molecule has 0 radical (unpaired) electrons. The molecule has 0 saturated heterocycles. The lowest BCUT2D eigenvalue weighted by molar-refractivity contribution is -0.383. The first-order chi connectivity index (χ1) is 12.4. The molecule has 2 rings (SSSR count). The second kappa shape index (κ2) is 8.47. The first kappa shape index (κ1) is 18.7. The standard InChI is InChI=1S/C17H17N3O6/c1-25-15-5-3-2-4-12(15)9-19-16(21)10-26-17(22)11-6-7-13(18)14(8-11)20(23)24/h2-8H,9-10,18H2,1H3,(H,19,21). The minimum atomic E-state index is -0.861. The smallest absolute Gasteiger partial charge is 0.338 e. The van der Waals surface area contributed by atoms with Crippen molar-refractivity contribution < 1.29 is 24.0 Å². The maximum absolute atomic E-state index is 11.9. The van der Waals surface area contributed by atoms with Crippen molar-refractivity contribution in [3.8, 4) is 5.75 Å². The molecule has 9 heteroatoms. The van der Waals surface area contributed by atoms with Crippen LogP contribution < -0.4 is 15.8 Å². The molecule has 3 N–H and O–H groups in total. The number of nitro groups is 1. The first-order valence-corrected chi connectivity index (χ1v) is 7.52. The number of ether oxygens (including phenoxy) is 2. The van der Waals surface area contributed by atoms with E-state index in [1.807, 2.05) is 0 Å². The molecule has 0 saturated carbocycles. The van der Waals surface area contributed by atoms with E-state index in [9.17, 15) is 19.7 Å². The SMILES string of the molecule is COc1ccccc1CNC(=O)COC(=O)c1ccc(N)c([N+](=O)[O-])c1. The number of nitrogens with two attached hydrogens (primary N) is 1. The number of amides is 1. The van der Waals surface area contributed by atoms with Crippen molar-refractivity contribution in [2.45, 2.75) is 6.54 Å². The number of rotatable bonds is 7. The summed E-state index contributed by atoms with van der Waals surface area (Å²) in [6.07, 6.45) is 0. The Bertz CT molecular complexity index is 837. The van der Waals surface area contributed by atoms with E-state index in [1.165, 1.54) is 19.2 Å². The fraction of sp³-hybridized carbons (Fsp3) is 0.176. The lowest BCUT2D eigenvalue weighted by Gasteiger charge is -2.10. The van der Waals surface area contributed by atoms with Gasteiger partial charge in [0, 0.05) is 18.2 Å². The Balaban J connectivity index is 1.90. The van der Waals surface area contributed by atoms with Crippen molar-refractivity contribution in [1.29, 1.82) is 0 Å². The summed E-state index contributed by atoms with van der Waals surface area (Å²) in [6, 6.07) is 10.7. The molecule has 0 bridgehead atoms. The summed E-state index contributed by atoms with van der Waals surface area (Å²) in [7, 11) is 1.52. The van der Waals surface area contributed by atoms with Crippen LogP contribution in [0.3, 0.4) is 0 Å². The van der Waals surface area contributed by atoms with Crippen molar-refractivity contribution in [3.05, 3.63) is 63.7 Å². The molecule has 0 unspecified atom stereocenters. The molecule has 0 aliphatic carbocycles. The molecule has 0 aromatic heterocycles. The number of carbonyl (C=O) groups excluding carboxylic acids is 2. The van der Waals surface area contributed by atoms with Crippen LogP contribution >= 0.6 is 0 Å².